The summed E-state index contributed by atoms with van der Waals surface area (Å²) in [5.41, 5.74) is 3.37. The van der Waals surface area contributed by atoms with Crippen LogP contribution in [0.2, 0.25) is 0 Å². The van der Waals surface area contributed by atoms with Crippen LogP contribution in [0.15, 0.2) is 54.7 Å². The average Bonchev–Trinajstić information content (AvgIpc) is 3.28. The van der Waals surface area contributed by atoms with Gasteiger partial charge in [0.15, 0.2) is 0 Å². The molecule has 202 valence electrons. The van der Waals surface area contributed by atoms with Crippen molar-refractivity contribution in [2.45, 2.75) is 25.7 Å². The molecule has 1 saturated heterocycles. The van der Waals surface area contributed by atoms with Gasteiger partial charge in [-0.1, -0.05) is 12.1 Å². The molecule has 1 fully saturated rings. The number of aryl methyl sites for hydroxylation is 1. The number of nitrogens with zero attached hydrogens (tertiary/aromatic N) is 4. The lowest BCUT2D eigenvalue weighted by molar-refractivity contribution is -0.0632. The van der Waals surface area contributed by atoms with Crippen LogP contribution in [0, 0.1) is 6.92 Å². The SMILES string of the molecule is Cc1nsc(Nc2cnc3ccccc3n2)c1C(=O)Nc1ccc(C(=O)NCCN2CCCC(F)(F)C2)cc1. The molecule has 9 nitrogen and oxygen atoms in total. The Morgan fingerprint density at radius 1 is 1.08 bits per heavy atom. The van der Waals surface area contributed by atoms with Gasteiger partial charge < -0.3 is 16.0 Å². The number of likely N-dealkylation sites (tertiary alicyclic amines) is 1. The Hall–Kier alpha value is -4.03. The van der Waals surface area contributed by atoms with Crippen LogP contribution in [-0.2, 0) is 0 Å². The van der Waals surface area contributed by atoms with Crippen LogP contribution in [-0.4, -0.2) is 63.2 Å². The minimum Gasteiger partial charge on any atom is -0.351 e. The largest absolute Gasteiger partial charge is 0.351 e. The number of piperidine rings is 1. The van der Waals surface area contributed by atoms with Crippen molar-refractivity contribution < 1.29 is 18.4 Å². The van der Waals surface area contributed by atoms with Crippen LogP contribution in [0.5, 0.6) is 0 Å². The van der Waals surface area contributed by atoms with Gasteiger partial charge in [0.1, 0.15) is 10.8 Å². The Bertz CT molecular complexity index is 1490. The number of nitrogens with one attached hydrogen (secondary N) is 3. The van der Waals surface area contributed by atoms with E-state index >= 15 is 0 Å². The zero-order valence-electron chi connectivity index (χ0n) is 21.2. The molecule has 0 atom stereocenters. The summed E-state index contributed by atoms with van der Waals surface area (Å²) >= 11 is 1.15. The van der Waals surface area contributed by atoms with E-state index in [4.69, 9.17) is 0 Å². The number of rotatable bonds is 8. The molecule has 3 N–H and O–H groups in total. The lowest BCUT2D eigenvalue weighted by Crippen LogP contribution is -2.45. The average molecular weight is 552 g/mol. The van der Waals surface area contributed by atoms with Gasteiger partial charge in [-0.3, -0.25) is 19.5 Å². The number of carbonyl (C=O) groups excluding carboxylic acids is 2. The Morgan fingerprint density at radius 2 is 1.85 bits per heavy atom. The first-order chi connectivity index (χ1) is 18.8. The maximum atomic E-state index is 13.5. The fraction of sp³-hybridized carbons (Fsp3) is 0.296. The van der Waals surface area contributed by atoms with Gasteiger partial charge in [0.05, 0.1) is 35.0 Å². The standard InChI is InChI=1S/C27H27F2N7O2S/c1-17-23(26(39-35-17)34-22-15-31-20-5-2-3-6-21(20)33-22)25(38)32-19-9-7-18(8-10-19)24(37)30-12-14-36-13-4-11-27(28,29)16-36/h2-3,5-10,15H,4,11-14,16H2,1H3,(H,30,37)(H,32,38)(H,33,34). The molecule has 0 radical (unpaired) electrons. The molecule has 0 bridgehead atoms. The highest BCUT2D eigenvalue weighted by molar-refractivity contribution is 7.10. The molecule has 39 heavy (non-hydrogen) atoms. The van der Waals surface area contributed by atoms with Gasteiger partial charge in [-0.05, 0) is 67.8 Å². The van der Waals surface area contributed by atoms with Crippen molar-refractivity contribution in [3.05, 3.63) is 71.5 Å². The molecule has 0 spiro atoms. The summed E-state index contributed by atoms with van der Waals surface area (Å²) in [6.07, 6.45) is 1.97. The second-order valence-corrected chi connectivity index (χ2v) is 10.1. The smallest absolute Gasteiger partial charge is 0.260 e. The van der Waals surface area contributed by atoms with Crippen molar-refractivity contribution in [2.75, 3.05) is 36.8 Å². The van der Waals surface area contributed by atoms with Crippen molar-refractivity contribution in [2.24, 2.45) is 0 Å². The molecule has 0 saturated carbocycles. The minimum absolute atomic E-state index is 0.0851. The van der Waals surface area contributed by atoms with Gasteiger partial charge in [0.25, 0.3) is 17.7 Å². The van der Waals surface area contributed by atoms with Crippen LogP contribution in [0.3, 0.4) is 0 Å². The maximum absolute atomic E-state index is 13.5. The van der Waals surface area contributed by atoms with Gasteiger partial charge in [-0.25, -0.2) is 13.8 Å². The van der Waals surface area contributed by atoms with Gasteiger partial charge >= 0.3 is 0 Å². The minimum atomic E-state index is -2.67. The van der Waals surface area contributed by atoms with E-state index in [1.807, 2.05) is 24.3 Å². The number of anilines is 3. The topological polar surface area (TPSA) is 112 Å². The molecule has 3 heterocycles. The number of hydrogen-bond acceptors (Lipinski definition) is 8. The summed E-state index contributed by atoms with van der Waals surface area (Å²) in [5.74, 6) is -2.83. The van der Waals surface area contributed by atoms with Crippen LogP contribution in [0.1, 0.15) is 39.3 Å². The summed E-state index contributed by atoms with van der Waals surface area (Å²) in [6.45, 7) is 2.72. The van der Waals surface area contributed by atoms with E-state index in [9.17, 15) is 18.4 Å². The summed E-state index contributed by atoms with van der Waals surface area (Å²) in [6, 6.07) is 14.0. The molecule has 2 amide bonds. The van der Waals surface area contributed by atoms with Crippen molar-refractivity contribution in [3.63, 3.8) is 0 Å². The molecule has 5 rings (SSSR count). The van der Waals surface area contributed by atoms with Gasteiger partial charge in [0.2, 0.25) is 0 Å². The lowest BCUT2D eigenvalue weighted by Gasteiger charge is -2.32. The molecular weight excluding hydrogens is 524 g/mol. The van der Waals surface area contributed by atoms with Crippen molar-refractivity contribution in [1.82, 2.24) is 24.6 Å². The van der Waals surface area contributed by atoms with Crippen molar-refractivity contribution >= 4 is 50.9 Å². The molecule has 0 unspecified atom stereocenters. The monoisotopic (exact) mass is 551 g/mol. The summed E-state index contributed by atoms with van der Waals surface area (Å²) < 4.78 is 31.4. The Morgan fingerprint density at radius 3 is 2.62 bits per heavy atom. The molecule has 1 aliphatic rings. The van der Waals surface area contributed by atoms with Crippen LogP contribution >= 0.6 is 11.5 Å². The van der Waals surface area contributed by atoms with E-state index in [-0.39, 0.29) is 31.3 Å². The van der Waals surface area contributed by atoms with Gasteiger partial charge in [-0.15, -0.1) is 0 Å². The lowest BCUT2D eigenvalue weighted by atomic mass is 10.1. The quantitative estimate of drug-likeness (QED) is 0.287. The first kappa shape index (κ1) is 26.6. The molecule has 2 aromatic carbocycles. The fourth-order valence-corrected chi connectivity index (χ4v) is 5.22. The van der Waals surface area contributed by atoms with Crippen molar-refractivity contribution in [3.8, 4) is 0 Å². The van der Waals surface area contributed by atoms with E-state index < -0.39 is 5.92 Å². The summed E-state index contributed by atoms with van der Waals surface area (Å²) in [7, 11) is 0. The van der Waals surface area contributed by atoms with E-state index in [1.54, 1.807) is 42.3 Å². The highest BCUT2D eigenvalue weighted by Crippen LogP contribution is 2.29. The van der Waals surface area contributed by atoms with E-state index in [1.165, 1.54) is 0 Å². The predicted molar refractivity (Wildman–Crippen MR) is 147 cm³/mol. The number of hydrogen-bond donors (Lipinski definition) is 3. The second kappa shape index (κ2) is 11.4. The third-order valence-electron chi connectivity index (χ3n) is 6.37. The summed E-state index contributed by atoms with van der Waals surface area (Å²) in [4.78, 5) is 36.2. The molecule has 4 aromatic rings. The van der Waals surface area contributed by atoms with E-state index in [0.29, 0.717) is 52.8 Å². The zero-order chi connectivity index (χ0) is 27.4. The third-order valence-corrected chi connectivity index (χ3v) is 7.22. The number of halogens is 2. The number of carbonyl (C=O) groups is 2. The van der Waals surface area contributed by atoms with Crippen LogP contribution in [0.4, 0.5) is 25.3 Å². The van der Waals surface area contributed by atoms with Crippen molar-refractivity contribution in [1.29, 1.82) is 0 Å². The fourth-order valence-electron chi connectivity index (χ4n) is 4.42. The molecule has 1 aliphatic heterocycles. The highest BCUT2D eigenvalue weighted by atomic mass is 32.1. The molecule has 0 aliphatic carbocycles. The zero-order valence-corrected chi connectivity index (χ0v) is 22.0. The molecule has 12 heteroatoms. The van der Waals surface area contributed by atoms with E-state index in [2.05, 4.69) is 30.3 Å². The highest BCUT2D eigenvalue weighted by Gasteiger charge is 2.34. The Balaban J connectivity index is 1.18. The first-order valence-electron chi connectivity index (χ1n) is 12.5. The second-order valence-electron chi connectivity index (χ2n) is 9.36. The Kier molecular flexibility index (Phi) is 7.75. The van der Waals surface area contributed by atoms with Crippen LogP contribution < -0.4 is 16.0 Å². The number of amides is 2. The van der Waals surface area contributed by atoms with E-state index in [0.717, 1.165) is 22.6 Å². The summed E-state index contributed by atoms with van der Waals surface area (Å²) in [5, 5.41) is 9.30. The normalized spacial score (nSPS) is 15.2. The number of fused-ring (bicyclic) bond motifs is 1. The third kappa shape index (κ3) is 6.52. The number of para-hydroxylation sites is 2. The van der Waals surface area contributed by atoms with Gasteiger partial charge in [-0.2, -0.15) is 4.37 Å². The van der Waals surface area contributed by atoms with Gasteiger partial charge in [0, 0.05) is 30.8 Å². The number of aromatic nitrogens is 3. The maximum Gasteiger partial charge on any atom is 0.260 e. The molecular formula is C27H27F2N7O2S. The predicted octanol–water partition coefficient (Wildman–Crippen LogP) is 4.85. The number of benzene rings is 2. The van der Waals surface area contributed by atoms with Crippen LogP contribution in [0.25, 0.3) is 11.0 Å². The number of alkyl halides is 2. The first-order valence-corrected chi connectivity index (χ1v) is 13.3. The molecule has 2 aromatic heterocycles. The Labute approximate surface area is 227 Å².